The molecule has 0 heterocycles. The Bertz CT molecular complexity index is 595. The zero-order chi connectivity index (χ0) is 13.9. The summed E-state index contributed by atoms with van der Waals surface area (Å²) in [6, 6.07) is 14.3. The first-order valence-electron chi connectivity index (χ1n) is 6.98. The molecule has 0 radical (unpaired) electrons. The van der Waals surface area contributed by atoms with Crippen molar-refractivity contribution in [1.29, 1.82) is 0 Å². The molecular weight excluding hydrogens is 253 g/mol. The highest BCUT2D eigenvalue weighted by Crippen LogP contribution is 2.28. The van der Waals surface area contributed by atoms with Crippen molar-refractivity contribution in [2.75, 3.05) is 0 Å². The molecule has 1 aliphatic rings. The number of hydrogen-bond donors (Lipinski definition) is 1. The normalized spacial score (nSPS) is 15.9. The summed E-state index contributed by atoms with van der Waals surface area (Å²) in [5.74, 6) is 0.655. The van der Waals surface area contributed by atoms with Crippen molar-refractivity contribution in [2.45, 2.75) is 31.4 Å². The van der Waals surface area contributed by atoms with Gasteiger partial charge in [0.1, 0.15) is 11.6 Å². The summed E-state index contributed by atoms with van der Waals surface area (Å²) in [6.07, 6.45) is 3.12. The molecule has 1 fully saturated rings. The van der Waals surface area contributed by atoms with Gasteiger partial charge in [0.05, 0.1) is 6.10 Å². The third-order valence-electron chi connectivity index (χ3n) is 3.51. The summed E-state index contributed by atoms with van der Waals surface area (Å²) in [5, 5.41) is 0. The number of hydrogen-bond acceptors (Lipinski definition) is 2. The first kappa shape index (κ1) is 13.1. The Hall–Kier alpha value is -1.87. The Balaban J connectivity index is 1.72. The fraction of sp³-hybridized carbons (Fsp3) is 0.294. The summed E-state index contributed by atoms with van der Waals surface area (Å²) < 4.78 is 19.4. The van der Waals surface area contributed by atoms with E-state index in [1.54, 1.807) is 12.1 Å². The second-order valence-electron chi connectivity index (χ2n) is 5.29. The van der Waals surface area contributed by atoms with E-state index < -0.39 is 0 Å². The summed E-state index contributed by atoms with van der Waals surface area (Å²) >= 11 is 0. The minimum atomic E-state index is -0.227. The lowest BCUT2D eigenvalue weighted by atomic mass is 9.99. The Kier molecular flexibility index (Phi) is 3.70. The number of rotatable bonds is 5. The van der Waals surface area contributed by atoms with E-state index >= 15 is 0 Å². The maximum absolute atomic E-state index is 13.6. The highest BCUT2D eigenvalue weighted by Gasteiger charge is 2.23. The Labute approximate surface area is 118 Å². The standard InChI is InChI=1S/C17H18FNO/c18-16-7-2-1-4-12(16)11-17(19)13-5-3-6-15(10-13)20-14-8-9-14/h1-7,10,14,17H,8-9,11,19H2. The van der Waals surface area contributed by atoms with E-state index in [0.29, 0.717) is 18.1 Å². The molecule has 104 valence electrons. The van der Waals surface area contributed by atoms with Crippen molar-refractivity contribution < 1.29 is 9.13 Å². The summed E-state index contributed by atoms with van der Waals surface area (Å²) in [7, 11) is 0. The molecule has 0 aliphatic heterocycles. The van der Waals surface area contributed by atoms with Crippen LogP contribution in [0, 0.1) is 5.82 Å². The molecular formula is C17H18FNO. The lowest BCUT2D eigenvalue weighted by molar-refractivity contribution is 0.302. The molecule has 3 heteroatoms. The van der Waals surface area contributed by atoms with Crippen LogP contribution in [0.25, 0.3) is 0 Å². The fourth-order valence-corrected chi connectivity index (χ4v) is 2.22. The third-order valence-corrected chi connectivity index (χ3v) is 3.51. The van der Waals surface area contributed by atoms with E-state index in [0.717, 1.165) is 24.2 Å². The van der Waals surface area contributed by atoms with Gasteiger partial charge in [-0.3, -0.25) is 0 Å². The number of halogens is 1. The van der Waals surface area contributed by atoms with Crippen molar-refractivity contribution in [3.8, 4) is 5.75 Å². The Morgan fingerprint density at radius 3 is 2.70 bits per heavy atom. The van der Waals surface area contributed by atoms with Gasteiger partial charge in [-0.25, -0.2) is 4.39 Å². The Morgan fingerprint density at radius 2 is 1.95 bits per heavy atom. The van der Waals surface area contributed by atoms with Gasteiger partial charge in [-0.05, 0) is 48.6 Å². The SMILES string of the molecule is NC(Cc1ccccc1F)c1cccc(OC2CC2)c1. The zero-order valence-electron chi connectivity index (χ0n) is 11.3. The Morgan fingerprint density at radius 1 is 1.15 bits per heavy atom. The molecule has 1 saturated carbocycles. The molecule has 3 rings (SSSR count). The van der Waals surface area contributed by atoms with Crippen LogP contribution in [-0.4, -0.2) is 6.10 Å². The van der Waals surface area contributed by atoms with Gasteiger partial charge in [0.15, 0.2) is 0 Å². The molecule has 1 atom stereocenters. The molecule has 2 aromatic carbocycles. The van der Waals surface area contributed by atoms with Crippen LogP contribution < -0.4 is 10.5 Å². The van der Waals surface area contributed by atoms with Gasteiger partial charge in [0.25, 0.3) is 0 Å². The quantitative estimate of drug-likeness (QED) is 0.901. The van der Waals surface area contributed by atoms with Crippen LogP contribution in [0.1, 0.15) is 30.0 Å². The average molecular weight is 271 g/mol. The van der Waals surface area contributed by atoms with E-state index in [-0.39, 0.29) is 11.9 Å². The summed E-state index contributed by atoms with van der Waals surface area (Å²) in [5.41, 5.74) is 7.81. The topological polar surface area (TPSA) is 35.2 Å². The second kappa shape index (κ2) is 5.63. The monoisotopic (exact) mass is 271 g/mol. The minimum absolute atomic E-state index is 0.201. The molecule has 0 saturated heterocycles. The van der Waals surface area contributed by atoms with Gasteiger partial charge in [-0.15, -0.1) is 0 Å². The average Bonchev–Trinajstić information content (AvgIpc) is 3.25. The number of ether oxygens (including phenoxy) is 1. The van der Waals surface area contributed by atoms with Gasteiger partial charge in [-0.1, -0.05) is 30.3 Å². The first-order valence-corrected chi connectivity index (χ1v) is 6.98. The van der Waals surface area contributed by atoms with E-state index in [4.69, 9.17) is 10.5 Å². The number of nitrogens with two attached hydrogens (primary N) is 1. The minimum Gasteiger partial charge on any atom is -0.490 e. The van der Waals surface area contributed by atoms with Crippen LogP contribution in [0.15, 0.2) is 48.5 Å². The number of benzene rings is 2. The largest absolute Gasteiger partial charge is 0.490 e. The zero-order valence-corrected chi connectivity index (χ0v) is 11.3. The molecule has 0 bridgehead atoms. The van der Waals surface area contributed by atoms with E-state index in [9.17, 15) is 4.39 Å². The van der Waals surface area contributed by atoms with Crippen LogP contribution in [0.4, 0.5) is 4.39 Å². The highest BCUT2D eigenvalue weighted by molar-refractivity contribution is 5.32. The van der Waals surface area contributed by atoms with E-state index in [2.05, 4.69) is 0 Å². The van der Waals surface area contributed by atoms with Crippen molar-refractivity contribution in [3.05, 3.63) is 65.5 Å². The molecule has 2 aromatic rings. The van der Waals surface area contributed by atoms with Crippen molar-refractivity contribution in [3.63, 3.8) is 0 Å². The lowest BCUT2D eigenvalue weighted by Crippen LogP contribution is -2.14. The van der Waals surface area contributed by atoms with Gasteiger partial charge in [-0.2, -0.15) is 0 Å². The predicted octanol–water partition coefficient (Wildman–Crippen LogP) is 3.61. The molecule has 0 spiro atoms. The van der Waals surface area contributed by atoms with Crippen LogP contribution in [0.2, 0.25) is 0 Å². The molecule has 0 amide bonds. The van der Waals surface area contributed by atoms with Crippen LogP contribution in [-0.2, 0) is 6.42 Å². The third kappa shape index (κ3) is 3.17. The summed E-state index contributed by atoms with van der Waals surface area (Å²) in [6.45, 7) is 0. The molecule has 2 N–H and O–H groups in total. The lowest BCUT2D eigenvalue weighted by Gasteiger charge is -2.14. The fourth-order valence-electron chi connectivity index (χ4n) is 2.22. The van der Waals surface area contributed by atoms with Crippen LogP contribution >= 0.6 is 0 Å². The van der Waals surface area contributed by atoms with Crippen molar-refractivity contribution >= 4 is 0 Å². The van der Waals surface area contributed by atoms with Gasteiger partial charge in [0.2, 0.25) is 0 Å². The van der Waals surface area contributed by atoms with Crippen molar-refractivity contribution in [2.24, 2.45) is 5.73 Å². The molecule has 1 aliphatic carbocycles. The maximum atomic E-state index is 13.6. The smallest absolute Gasteiger partial charge is 0.126 e. The van der Waals surface area contributed by atoms with E-state index in [1.165, 1.54) is 6.07 Å². The van der Waals surface area contributed by atoms with Gasteiger partial charge < -0.3 is 10.5 Å². The molecule has 0 aromatic heterocycles. The van der Waals surface area contributed by atoms with E-state index in [1.807, 2.05) is 30.3 Å². The summed E-state index contributed by atoms with van der Waals surface area (Å²) in [4.78, 5) is 0. The van der Waals surface area contributed by atoms with Crippen molar-refractivity contribution in [1.82, 2.24) is 0 Å². The molecule has 2 nitrogen and oxygen atoms in total. The highest BCUT2D eigenvalue weighted by atomic mass is 19.1. The first-order chi connectivity index (χ1) is 9.72. The second-order valence-corrected chi connectivity index (χ2v) is 5.29. The molecule has 20 heavy (non-hydrogen) atoms. The van der Waals surface area contributed by atoms with Gasteiger partial charge in [0, 0.05) is 6.04 Å². The molecule has 1 unspecified atom stereocenters. The van der Waals surface area contributed by atoms with Crippen LogP contribution in [0.3, 0.4) is 0 Å². The predicted molar refractivity (Wildman–Crippen MR) is 77.1 cm³/mol. The maximum Gasteiger partial charge on any atom is 0.126 e. The van der Waals surface area contributed by atoms with Crippen LogP contribution in [0.5, 0.6) is 5.75 Å². The van der Waals surface area contributed by atoms with Gasteiger partial charge >= 0.3 is 0 Å².